The van der Waals surface area contributed by atoms with E-state index in [2.05, 4.69) is 36.5 Å². The van der Waals surface area contributed by atoms with Gasteiger partial charge in [0.05, 0.1) is 18.8 Å². The number of aldehydes is 1. The van der Waals surface area contributed by atoms with Gasteiger partial charge in [0.2, 0.25) is 0 Å². The molecule has 1 aromatic heterocycles. The van der Waals surface area contributed by atoms with Crippen LogP contribution in [0.15, 0.2) is 10.8 Å². The average Bonchev–Trinajstić information content (AvgIpc) is 2.40. The van der Waals surface area contributed by atoms with Crippen molar-refractivity contribution in [2.24, 2.45) is 0 Å². The van der Waals surface area contributed by atoms with Crippen LogP contribution in [-0.2, 0) is 4.79 Å². The van der Waals surface area contributed by atoms with Crippen LogP contribution >= 0.6 is 15.9 Å². The summed E-state index contributed by atoms with van der Waals surface area (Å²) in [6, 6.07) is 0.281. The minimum atomic E-state index is -0.181. The maximum Gasteiger partial charge on any atom is 0.170 e. The van der Waals surface area contributed by atoms with Gasteiger partial charge in [-0.1, -0.05) is 0 Å². The minimum absolute atomic E-state index is 0.181. The first-order valence-electron chi connectivity index (χ1n) is 6.33. The van der Waals surface area contributed by atoms with Gasteiger partial charge in [0.25, 0.3) is 0 Å². The van der Waals surface area contributed by atoms with E-state index in [1.165, 1.54) is 0 Å². The Morgan fingerprint density at radius 3 is 2.79 bits per heavy atom. The smallest absolute Gasteiger partial charge is 0.170 e. The molecule has 0 aromatic carbocycles. The summed E-state index contributed by atoms with van der Waals surface area (Å²) in [4.78, 5) is 19.0. The third-order valence-electron chi connectivity index (χ3n) is 3.13. The van der Waals surface area contributed by atoms with Crippen LogP contribution in [-0.4, -0.2) is 40.1 Å². The van der Waals surface area contributed by atoms with Gasteiger partial charge in [0.15, 0.2) is 11.6 Å². The second-order valence-corrected chi connectivity index (χ2v) is 5.40. The van der Waals surface area contributed by atoms with Gasteiger partial charge in [-0.2, -0.15) is 0 Å². The summed E-state index contributed by atoms with van der Waals surface area (Å²) in [6.07, 6.45) is 5.60. The summed E-state index contributed by atoms with van der Waals surface area (Å²) in [5.41, 5.74) is 0. The molecule has 0 saturated heterocycles. The first-order chi connectivity index (χ1) is 9.19. The molecule has 7 heteroatoms. The standard InChI is InChI=1S/C12H17BrN4O2/c13-10-7-15-11(14-5-6-18)12(17-10)16-8-1-3-9(19)4-2-8/h6-9,19H,1-5H2,(H,14,15)(H,16,17)/t8-,9-. The summed E-state index contributed by atoms with van der Waals surface area (Å²) < 4.78 is 0.641. The van der Waals surface area contributed by atoms with E-state index in [1.54, 1.807) is 6.20 Å². The maximum absolute atomic E-state index is 10.4. The van der Waals surface area contributed by atoms with E-state index in [9.17, 15) is 9.90 Å². The lowest BCUT2D eigenvalue weighted by Crippen LogP contribution is -2.29. The number of carbonyl (C=O) groups excluding carboxylic acids is 1. The Morgan fingerprint density at radius 1 is 1.37 bits per heavy atom. The first kappa shape index (κ1) is 14.2. The molecule has 0 unspecified atom stereocenters. The Labute approximate surface area is 120 Å². The highest BCUT2D eigenvalue weighted by molar-refractivity contribution is 9.10. The lowest BCUT2D eigenvalue weighted by Gasteiger charge is -2.27. The number of aliphatic hydroxyl groups is 1. The van der Waals surface area contributed by atoms with Gasteiger partial charge in [-0.05, 0) is 41.6 Å². The molecule has 0 bridgehead atoms. The summed E-state index contributed by atoms with van der Waals surface area (Å²) in [6.45, 7) is 0.203. The number of halogens is 1. The summed E-state index contributed by atoms with van der Waals surface area (Å²) in [7, 11) is 0. The van der Waals surface area contributed by atoms with E-state index >= 15 is 0 Å². The molecule has 0 amide bonds. The predicted octanol–water partition coefficient (Wildman–Crippen LogP) is 1.57. The van der Waals surface area contributed by atoms with Gasteiger partial charge >= 0.3 is 0 Å². The second-order valence-electron chi connectivity index (χ2n) is 4.59. The highest BCUT2D eigenvalue weighted by Crippen LogP contribution is 2.25. The minimum Gasteiger partial charge on any atom is -0.393 e. The van der Waals surface area contributed by atoms with Gasteiger partial charge in [-0.15, -0.1) is 0 Å². The van der Waals surface area contributed by atoms with Gasteiger partial charge in [-0.3, -0.25) is 0 Å². The maximum atomic E-state index is 10.4. The molecule has 1 aliphatic carbocycles. The average molecular weight is 329 g/mol. The number of hydrogen-bond acceptors (Lipinski definition) is 6. The molecule has 1 fully saturated rings. The van der Waals surface area contributed by atoms with E-state index in [0.717, 1.165) is 32.0 Å². The Morgan fingerprint density at radius 2 is 2.11 bits per heavy atom. The fraction of sp³-hybridized carbons (Fsp3) is 0.583. The van der Waals surface area contributed by atoms with Crippen molar-refractivity contribution in [2.45, 2.75) is 37.8 Å². The Hall–Kier alpha value is -1.21. The molecule has 2 rings (SSSR count). The summed E-state index contributed by atoms with van der Waals surface area (Å²) in [5, 5.41) is 15.7. The fourth-order valence-corrected chi connectivity index (χ4v) is 2.43. The zero-order valence-electron chi connectivity index (χ0n) is 10.5. The van der Waals surface area contributed by atoms with Gasteiger partial charge in [0, 0.05) is 6.04 Å². The first-order valence-corrected chi connectivity index (χ1v) is 7.13. The molecular formula is C12H17BrN4O2. The fourth-order valence-electron chi connectivity index (χ4n) is 2.15. The van der Waals surface area contributed by atoms with E-state index < -0.39 is 0 Å². The van der Waals surface area contributed by atoms with Crippen LogP contribution in [0.2, 0.25) is 0 Å². The highest BCUT2D eigenvalue weighted by Gasteiger charge is 2.20. The molecule has 1 heterocycles. The van der Waals surface area contributed by atoms with Crippen LogP contribution < -0.4 is 10.6 Å². The molecule has 1 aromatic rings. The molecule has 0 atom stereocenters. The van der Waals surface area contributed by atoms with Crippen molar-refractivity contribution in [3.05, 3.63) is 10.8 Å². The number of nitrogens with one attached hydrogen (secondary N) is 2. The molecule has 19 heavy (non-hydrogen) atoms. The lowest BCUT2D eigenvalue weighted by atomic mass is 9.93. The summed E-state index contributed by atoms with van der Waals surface area (Å²) >= 11 is 3.29. The van der Waals surface area contributed by atoms with E-state index in [-0.39, 0.29) is 18.7 Å². The van der Waals surface area contributed by atoms with Crippen LogP contribution in [0.1, 0.15) is 25.7 Å². The molecule has 1 aliphatic rings. The monoisotopic (exact) mass is 328 g/mol. The number of rotatable bonds is 5. The van der Waals surface area contributed by atoms with Crippen LogP contribution in [0.3, 0.4) is 0 Å². The third-order valence-corrected chi connectivity index (χ3v) is 3.52. The van der Waals surface area contributed by atoms with Crippen molar-refractivity contribution in [2.75, 3.05) is 17.2 Å². The van der Waals surface area contributed by atoms with E-state index in [0.29, 0.717) is 16.2 Å². The quantitative estimate of drug-likeness (QED) is 0.711. The van der Waals surface area contributed by atoms with Crippen LogP contribution in [0.5, 0.6) is 0 Å². The van der Waals surface area contributed by atoms with Crippen LogP contribution in [0.25, 0.3) is 0 Å². The zero-order valence-corrected chi connectivity index (χ0v) is 12.1. The molecular weight excluding hydrogens is 312 g/mol. The molecule has 1 saturated carbocycles. The number of carbonyl (C=O) groups is 1. The Bertz CT molecular complexity index is 436. The molecule has 0 spiro atoms. The van der Waals surface area contributed by atoms with Crippen molar-refractivity contribution in [1.82, 2.24) is 9.97 Å². The predicted molar refractivity (Wildman–Crippen MR) is 76.2 cm³/mol. The Balaban J connectivity index is 2.04. The molecule has 0 aliphatic heterocycles. The number of hydrogen-bond donors (Lipinski definition) is 3. The topological polar surface area (TPSA) is 87.1 Å². The SMILES string of the molecule is O=CCNc1ncc(Br)nc1N[C@H]1CC[C@H](O)CC1. The van der Waals surface area contributed by atoms with Gasteiger partial charge in [-0.25, -0.2) is 9.97 Å². The summed E-state index contributed by atoms with van der Waals surface area (Å²) in [5.74, 6) is 1.21. The van der Waals surface area contributed by atoms with E-state index in [4.69, 9.17) is 0 Å². The molecule has 3 N–H and O–H groups in total. The van der Waals surface area contributed by atoms with Crippen molar-refractivity contribution in [3.8, 4) is 0 Å². The number of aliphatic hydroxyl groups excluding tert-OH is 1. The van der Waals surface area contributed by atoms with Crippen molar-refractivity contribution < 1.29 is 9.90 Å². The molecule has 0 radical (unpaired) electrons. The second kappa shape index (κ2) is 6.81. The normalized spacial score (nSPS) is 22.8. The largest absolute Gasteiger partial charge is 0.393 e. The number of anilines is 2. The highest BCUT2D eigenvalue weighted by atomic mass is 79.9. The van der Waals surface area contributed by atoms with Crippen molar-refractivity contribution in [3.63, 3.8) is 0 Å². The van der Waals surface area contributed by atoms with Gasteiger partial charge in [0.1, 0.15) is 10.9 Å². The third kappa shape index (κ3) is 4.14. The van der Waals surface area contributed by atoms with Crippen molar-refractivity contribution in [1.29, 1.82) is 0 Å². The van der Waals surface area contributed by atoms with Crippen LogP contribution in [0, 0.1) is 0 Å². The number of aromatic nitrogens is 2. The molecule has 104 valence electrons. The van der Waals surface area contributed by atoms with Crippen LogP contribution in [0.4, 0.5) is 11.6 Å². The lowest BCUT2D eigenvalue weighted by molar-refractivity contribution is -0.106. The van der Waals surface area contributed by atoms with Crippen molar-refractivity contribution >= 4 is 33.9 Å². The van der Waals surface area contributed by atoms with E-state index in [1.807, 2.05) is 0 Å². The van der Waals surface area contributed by atoms with Gasteiger partial charge < -0.3 is 20.5 Å². The zero-order chi connectivity index (χ0) is 13.7. The molecule has 6 nitrogen and oxygen atoms in total. The Kier molecular flexibility index (Phi) is 5.09. The number of nitrogens with zero attached hydrogens (tertiary/aromatic N) is 2.